The largest absolute Gasteiger partial charge is 0.460 e. The maximum Gasteiger partial charge on any atom is 0.306 e. The monoisotopic (exact) mass is 390 g/mol. The number of anilines is 2. The molecule has 0 saturated carbocycles. The fraction of sp³-hybridized carbons (Fsp3) is 0.500. The van der Waals surface area contributed by atoms with Crippen LogP contribution in [0.15, 0.2) is 18.2 Å². The molecule has 0 saturated heterocycles. The number of non-ortho nitro benzene ring substituents is 1. The van der Waals surface area contributed by atoms with Gasteiger partial charge in [-0.05, 0) is 39.7 Å². The van der Waals surface area contributed by atoms with Gasteiger partial charge in [-0.3, -0.25) is 14.9 Å². The highest BCUT2D eigenvalue weighted by Crippen LogP contribution is 2.24. The number of ether oxygens (including phenoxy) is 1. The van der Waals surface area contributed by atoms with Gasteiger partial charge in [0.2, 0.25) is 0 Å². The quantitative estimate of drug-likeness (QED) is 0.193. The zero-order valence-corrected chi connectivity index (χ0v) is 16.3. The maximum absolute atomic E-state index is 11.7. The van der Waals surface area contributed by atoms with E-state index in [2.05, 4.69) is 20.7 Å². The summed E-state index contributed by atoms with van der Waals surface area (Å²) >= 11 is 0. The lowest BCUT2D eigenvalue weighted by Crippen LogP contribution is -2.23. The summed E-state index contributed by atoms with van der Waals surface area (Å²) in [5.41, 5.74) is 2.84. The summed E-state index contributed by atoms with van der Waals surface area (Å²) in [6, 6.07) is 4.28. The Morgan fingerprint density at radius 1 is 1.18 bits per heavy atom. The first-order valence-corrected chi connectivity index (χ1v) is 9.08. The normalized spacial score (nSPS) is 11.3. The third-order valence-corrected chi connectivity index (χ3v) is 3.77. The van der Waals surface area contributed by atoms with Gasteiger partial charge in [-0.15, -0.1) is 0 Å². The Balaban J connectivity index is 1.87. The molecule has 0 spiro atoms. The molecule has 0 aliphatic heterocycles. The minimum Gasteiger partial charge on any atom is -0.460 e. The van der Waals surface area contributed by atoms with Gasteiger partial charge in [0.25, 0.3) is 5.69 Å². The Kier molecular flexibility index (Phi) is 7.05. The SMILES string of the molecule is CC(C)(C)OC(=O)CCCCCNc1nc2ccc([N+](=O)[O-])cc2nc1NN. The summed E-state index contributed by atoms with van der Waals surface area (Å²) in [6.45, 7) is 6.16. The van der Waals surface area contributed by atoms with Crippen molar-refractivity contribution >= 4 is 34.3 Å². The van der Waals surface area contributed by atoms with Crippen LogP contribution in [0.2, 0.25) is 0 Å². The molecule has 10 nitrogen and oxygen atoms in total. The van der Waals surface area contributed by atoms with Crippen molar-refractivity contribution in [2.24, 2.45) is 5.84 Å². The Bertz CT molecular complexity index is 850. The molecule has 2 rings (SSSR count). The third-order valence-electron chi connectivity index (χ3n) is 3.77. The van der Waals surface area contributed by atoms with Crippen LogP contribution in [0, 0.1) is 10.1 Å². The highest BCUT2D eigenvalue weighted by Gasteiger charge is 2.15. The number of nitrogens with two attached hydrogens (primary N) is 1. The van der Waals surface area contributed by atoms with Crippen LogP contribution in [0.1, 0.15) is 46.5 Å². The molecular formula is C18H26N6O4. The summed E-state index contributed by atoms with van der Waals surface area (Å²) in [5.74, 6) is 6.08. The van der Waals surface area contributed by atoms with Crippen LogP contribution in [0.4, 0.5) is 17.3 Å². The van der Waals surface area contributed by atoms with Crippen LogP contribution < -0.4 is 16.6 Å². The van der Waals surface area contributed by atoms with Crippen LogP contribution in [0.5, 0.6) is 0 Å². The molecule has 0 fully saturated rings. The lowest BCUT2D eigenvalue weighted by atomic mass is 10.1. The first kappa shape index (κ1) is 21.3. The summed E-state index contributed by atoms with van der Waals surface area (Å²) < 4.78 is 5.27. The van der Waals surface area contributed by atoms with Gasteiger partial charge in [0.1, 0.15) is 5.60 Å². The number of hydrogen-bond acceptors (Lipinski definition) is 9. The topological polar surface area (TPSA) is 145 Å². The van der Waals surface area contributed by atoms with Crippen molar-refractivity contribution < 1.29 is 14.5 Å². The highest BCUT2D eigenvalue weighted by molar-refractivity contribution is 5.82. The van der Waals surface area contributed by atoms with Gasteiger partial charge < -0.3 is 15.5 Å². The van der Waals surface area contributed by atoms with E-state index in [1.54, 1.807) is 6.07 Å². The maximum atomic E-state index is 11.7. The first-order chi connectivity index (χ1) is 13.2. The van der Waals surface area contributed by atoms with Crippen molar-refractivity contribution in [3.63, 3.8) is 0 Å². The van der Waals surface area contributed by atoms with Gasteiger partial charge in [0, 0.05) is 25.1 Å². The second-order valence-corrected chi connectivity index (χ2v) is 7.32. The van der Waals surface area contributed by atoms with E-state index < -0.39 is 10.5 Å². The fourth-order valence-electron chi connectivity index (χ4n) is 2.55. The third kappa shape index (κ3) is 6.31. The van der Waals surface area contributed by atoms with Crippen LogP contribution in [0.3, 0.4) is 0 Å². The molecule has 1 aromatic heterocycles. The second kappa shape index (κ2) is 9.27. The van der Waals surface area contributed by atoms with Crippen LogP contribution in [-0.2, 0) is 9.53 Å². The number of hydrazine groups is 1. The highest BCUT2D eigenvalue weighted by atomic mass is 16.6. The number of hydrogen-bond donors (Lipinski definition) is 3. The number of unbranched alkanes of at least 4 members (excludes halogenated alkanes) is 2. The van der Waals surface area contributed by atoms with Crippen LogP contribution in [0.25, 0.3) is 11.0 Å². The molecule has 0 unspecified atom stereocenters. The standard InChI is InChI=1S/C18H26N6O4/c1-18(2,3)28-15(25)7-5-4-6-10-20-16-17(23-19)22-14-11-12(24(26)27)8-9-13(14)21-16/h8-9,11H,4-7,10,19H2,1-3H3,(H,20,21)(H,22,23). The van der Waals surface area contributed by atoms with Crippen LogP contribution in [-0.4, -0.2) is 33.0 Å². The van der Waals surface area contributed by atoms with Crippen molar-refractivity contribution in [3.05, 3.63) is 28.3 Å². The lowest BCUT2D eigenvalue weighted by Gasteiger charge is -2.19. The molecule has 0 aliphatic carbocycles. The number of nitrogen functional groups attached to an aromatic ring is 1. The number of nitrogens with one attached hydrogen (secondary N) is 2. The van der Waals surface area contributed by atoms with Gasteiger partial charge in [0.15, 0.2) is 11.6 Å². The number of fused-ring (bicyclic) bond motifs is 1. The lowest BCUT2D eigenvalue weighted by molar-refractivity contribution is -0.384. The van der Waals surface area contributed by atoms with Gasteiger partial charge in [0.05, 0.1) is 16.0 Å². The van der Waals surface area contributed by atoms with E-state index in [-0.39, 0.29) is 11.7 Å². The van der Waals surface area contributed by atoms with Crippen molar-refractivity contribution in [2.45, 2.75) is 52.1 Å². The number of nitro benzene ring substituents is 1. The van der Waals surface area contributed by atoms with E-state index in [1.807, 2.05) is 20.8 Å². The molecule has 2 aromatic rings. The van der Waals surface area contributed by atoms with Crippen molar-refractivity contribution in [2.75, 3.05) is 17.3 Å². The summed E-state index contributed by atoms with van der Waals surface area (Å²) in [7, 11) is 0. The van der Waals surface area contributed by atoms with Gasteiger partial charge in [-0.1, -0.05) is 6.42 Å². The van der Waals surface area contributed by atoms with Gasteiger partial charge in [-0.2, -0.15) is 0 Å². The van der Waals surface area contributed by atoms with Crippen molar-refractivity contribution in [3.8, 4) is 0 Å². The molecule has 0 radical (unpaired) electrons. The molecule has 1 heterocycles. The molecule has 0 bridgehead atoms. The first-order valence-electron chi connectivity index (χ1n) is 9.08. The number of esters is 1. The molecular weight excluding hydrogens is 364 g/mol. The minimum atomic E-state index is -0.486. The Hall–Kier alpha value is -3.01. The minimum absolute atomic E-state index is 0.0598. The number of nitrogens with zero attached hydrogens (tertiary/aromatic N) is 3. The predicted molar refractivity (Wildman–Crippen MR) is 107 cm³/mol. The van der Waals surface area contributed by atoms with E-state index >= 15 is 0 Å². The predicted octanol–water partition coefficient (Wildman–Crippen LogP) is 3.14. The molecule has 0 atom stereocenters. The van der Waals surface area contributed by atoms with Gasteiger partial charge in [-0.25, -0.2) is 15.8 Å². The number of rotatable bonds is 9. The Morgan fingerprint density at radius 2 is 1.89 bits per heavy atom. The van der Waals surface area contributed by atoms with E-state index in [0.717, 1.165) is 19.3 Å². The summed E-state index contributed by atoms with van der Waals surface area (Å²) in [4.78, 5) is 30.8. The number of benzene rings is 1. The fourth-order valence-corrected chi connectivity index (χ4v) is 2.55. The molecule has 152 valence electrons. The number of carbonyl (C=O) groups is 1. The van der Waals surface area contributed by atoms with Gasteiger partial charge >= 0.3 is 5.97 Å². The van der Waals surface area contributed by atoms with E-state index in [1.165, 1.54) is 12.1 Å². The molecule has 1 aromatic carbocycles. The van der Waals surface area contributed by atoms with E-state index in [4.69, 9.17) is 10.6 Å². The Morgan fingerprint density at radius 3 is 2.54 bits per heavy atom. The number of nitro groups is 1. The average molecular weight is 390 g/mol. The van der Waals surface area contributed by atoms with Crippen molar-refractivity contribution in [1.29, 1.82) is 0 Å². The zero-order chi connectivity index (χ0) is 20.7. The summed E-state index contributed by atoms with van der Waals surface area (Å²) in [5, 5.41) is 14.0. The molecule has 10 heteroatoms. The molecule has 4 N–H and O–H groups in total. The number of aromatic nitrogens is 2. The second-order valence-electron chi connectivity index (χ2n) is 7.32. The Labute approximate surface area is 163 Å². The smallest absolute Gasteiger partial charge is 0.306 e. The zero-order valence-electron chi connectivity index (χ0n) is 16.3. The summed E-state index contributed by atoms with van der Waals surface area (Å²) in [6.07, 6.45) is 2.81. The van der Waals surface area contributed by atoms with E-state index in [0.29, 0.717) is 35.6 Å². The average Bonchev–Trinajstić information content (AvgIpc) is 2.61. The molecule has 0 aliphatic rings. The number of carbonyl (C=O) groups excluding carboxylic acids is 1. The van der Waals surface area contributed by atoms with Crippen molar-refractivity contribution in [1.82, 2.24) is 9.97 Å². The van der Waals surface area contributed by atoms with E-state index in [9.17, 15) is 14.9 Å². The van der Waals surface area contributed by atoms with Crippen LogP contribution >= 0.6 is 0 Å². The molecule has 28 heavy (non-hydrogen) atoms. The molecule has 0 amide bonds.